The average Bonchev–Trinajstić information content (AvgIpc) is 2.53. The summed E-state index contributed by atoms with van der Waals surface area (Å²) in [5.74, 6) is -1.39. The van der Waals surface area contributed by atoms with Crippen LogP contribution in [0.2, 0.25) is 0 Å². The summed E-state index contributed by atoms with van der Waals surface area (Å²) in [6.07, 6.45) is 16.3. The lowest BCUT2D eigenvalue weighted by atomic mass is 10.1. The predicted molar refractivity (Wildman–Crippen MR) is 111 cm³/mol. The van der Waals surface area contributed by atoms with Crippen LogP contribution >= 0.6 is 0 Å². The number of carboxylic acid groups (broad SMARTS) is 1. The molecule has 0 saturated carbocycles. The number of rotatable bonds is 17. The Morgan fingerprint density at radius 3 is 1.93 bits per heavy atom. The molecule has 0 aromatic heterocycles. The minimum absolute atomic E-state index is 0.159. The van der Waals surface area contributed by atoms with Crippen LogP contribution in [-0.2, 0) is 14.3 Å². The maximum atomic E-state index is 11.9. The molecule has 0 saturated heterocycles. The van der Waals surface area contributed by atoms with Crippen LogP contribution in [0, 0.1) is 0 Å². The Hall–Kier alpha value is -1.36. The number of ether oxygens (including phenoxy) is 1. The fourth-order valence-electron chi connectivity index (χ4n) is 3.08. The van der Waals surface area contributed by atoms with Gasteiger partial charge in [0.2, 0.25) is 0 Å². The van der Waals surface area contributed by atoms with E-state index in [1.54, 1.807) is 0 Å². The first-order valence-corrected chi connectivity index (χ1v) is 10.6. The number of allylic oxidation sites excluding steroid dienone is 1. The summed E-state index contributed by atoms with van der Waals surface area (Å²) in [4.78, 5) is 22.8. The van der Waals surface area contributed by atoms with E-state index >= 15 is 0 Å². The lowest BCUT2D eigenvalue weighted by molar-refractivity contribution is -0.873. The highest BCUT2D eigenvalue weighted by molar-refractivity contribution is 5.82. The normalized spacial score (nSPS) is 13.0. The molecule has 27 heavy (non-hydrogen) atoms. The quantitative estimate of drug-likeness (QED) is 0.167. The molecule has 1 N–H and O–H groups in total. The van der Waals surface area contributed by atoms with Gasteiger partial charge in [-0.15, -0.1) is 0 Å². The first kappa shape index (κ1) is 25.6. The van der Waals surface area contributed by atoms with E-state index < -0.39 is 18.0 Å². The van der Waals surface area contributed by atoms with E-state index in [1.807, 2.05) is 27.2 Å². The minimum atomic E-state index is -0.949. The number of hydrogen-bond donors (Lipinski definition) is 1. The summed E-state index contributed by atoms with van der Waals surface area (Å²) in [7, 11) is 5.84. The van der Waals surface area contributed by atoms with Crippen LogP contribution in [0.15, 0.2) is 12.2 Å². The second kappa shape index (κ2) is 15.7. The maximum absolute atomic E-state index is 11.9. The molecule has 158 valence electrons. The molecule has 0 heterocycles. The molecule has 5 heteroatoms. The van der Waals surface area contributed by atoms with Crippen molar-refractivity contribution in [2.45, 2.75) is 90.1 Å². The molecule has 0 aromatic rings. The van der Waals surface area contributed by atoms with Crippen molar-refractivity contribution in [3.05, 3.63) is 12.2 Å². The molecule has 0 radical (unpaired) electrons. The first-order chi connectivity index (χ1) is 12.7. The highest BCUT2D eigenvalue weighted by Crippen LogP contribution is 2.11. The molecule has 0 fully saturated rings. The van der Waals surface area contributed by atoms with Gasteiger partial charge in [-0.2, -0.15) is 0 Å². The van der Waals surface area contributed by atoms with Crippen molar-refractivity contribution in [3.63, 3.8) is 0 Å². The van der Waals surface area contributed by atoms with Crippen LogP contribution in [0.25, 0.3) is 0 Å². The third-order valence-electron chi connectivity index (χ3n) is 4.41. The van der Waals surface area contributed by atoms with E-state index in [-0.39, 0.29) is 6.42 Å². The zero-order valence-corrected chi connectivity index (χ0v) is 18.0. The first-order valence-electron chi connectivity index (χ1n) is 10.6. The third-order valence-corrected chi connectivity index (χ3v) is 4.41. The third kappa shape index (κ3) is 19.2. The van der Waals surface area contributed by atoms with Crippen molar-refractivity contribution in [1.82, 2.24) is 0 Å². The molecule has 5 nitrogen and oxygen atoms in total. The number of carboxylic acids is 1. The van der Waals surface area contributed by atoms with Gasteiger partial charge in [-0.25, -0.2) is 4.79 Å². The smallest absolute Gasteiger partial charge is 0.330 e. The van der Waals surface area contributed by atoms with Crippen molar-refractivity contribution >= 4 is 11.9 Å². The Morgan fingerprint density at radius 2 is 1.44 bits per heavy atom. The molecular formula is C22H42NO4+. The molecular weight excluding hydrogens is 342 g/mol. The van der Waals surface area contributed by atoms with Gasteiger partial charge < -0.3 is 14.3 Å². The molecule has 0 aliphatic heterocycles. The zero-order chi connectivity index (χ0) is 20.5. The largest absolute Gasteiger partial charge is 0.481 e. The number of hydrogen-bond acceptors (Lipinski definition) is 3. The summed E-state index contributed by atoms with van der Waals surface area (Å²) in [6.45, 7) is 2.72. The van der Waals surface area contributed by atoms with Gasteiger partial charge in [0.15, 0.2) is 6.10 Å². The molecule has 0 bridgehead atoms. The van der Waals surface area contributed by atoms with Crippen LogP contribution in [0.1, 0.15) is 84.0 Å². The van der Waals surface area contributed by atoms with Gasteiger partial charge in [0.1, 0.15) is 6.54 Å². The van der Waals surface area contributed by atoms with Gasteiger partial charge in [0.05, 0.1) is 27.6 Å². The predicted octanol–water partition coefficient (Wildman–Crippen LogP) is 4.95. The van der Waals surface area contributed by atoms with E-state index in [0.717, 1.165) is 12.8 Å². The monoisotopic (exact) mass is 384 g/mol. The summed E-state index contributed by atoms with van der Waals surface area (Å²) in [5, 5.41) is 8.97. The highest BCUT2D eigenvalue weighted by atomic mass is 16.5. The molecule has 1 atom stereocenters. The molecule has 0 aliphatic rings. The summed E-state index contributed by atoms with van der Waals surface area (Å²) in [5.41, 5.74) is 0. The summed E-state index contributed by atoms with van der Waals surface area (Å²) in [6, 6.07) is 0. The van der Waals surface area contributed by atoms with E-state index in [2.05, 4.69) is 6.92 Å². The van der Waals surface area contributed by atoms with Crippen LogP contribution < -0.4 is 0 Å². The molecule has 0 rings (SSSR count). The van der Waals surface area contributed by atoms with Crippen LogP contribution in [0.4, 0.5) is 0 Å². The fourth-order valence-corrected chi connectivity index (χ4v) is 3.08. The number of carbonyl (C=O) groups excluding carboxylic acids is 1. The Balaban J connectivity index is 3.82. The molecule has 0 aromatic carbocycles. The number of likely N-dealkylation sites (N-methyl/N-ethyl adjacent to an activating group) is 1. The second-order valence-electron chi connectivity index (χ2n) is 8.50. The molecule has 0 aliphatic carbocycles. The molecule has 1 unspecified atom stereocenters. The lowest BCUT2D eigenvalue weighted by Crippen LogP contribution is -2.43. The topological polar surface area (TPSA) is 63.6 Å². The Bertz CT molecular complexity index is 427. The Morgan fingerprint density at radius 1 is 0.926 bits per heavy atom. The van der Waals surface area contributed by atoms with E-state index in [0.29, 0.717) is 11.0 Å². The van der Waals surface area contributed by atoms with Crippen molar-refractivity contribution < 1.29 is 23.9 Å². The summed E-state index contributed by atoms with van der Waals surface area (Å²) >= 11 is 0. The van der Waals surface area contributed by atoms with E-state index in [1.165, 1.54) is 63.9 Å². The Kier molecular flexibility index (Phi) is 14.9. The van der Waals surface area contributed by atoms with Crippen LogP contribution in [0.3, 0.4) is 0 Å². The standard InChI is InChI=1S/C22H41NO4/c1-5-6-7-8-9-10-11-12-13-14-15-16-17-22(26)27-20(18-21(24)25)19-23(2,3)4/h16-17,20H,5-15,18-19H2,1-4H3/p+1. The number of carbonyl (C=O) groups is 2. The van der Waals surface area contributed by atoms with Gasteiger partial charge >= 0.3 is 11.9 Å². The van der Waals surface area contributed by atoms with Gasteiger partial charge in [0.25, 0.3) is 0 Å². The van der Waals surface area contributed by atoms with Crippen molar-refractivity contribution in [2.24, 2.45) is 0 Å². The fraction of sp³-hybridized carbons (Fsp3) is 0.818. The molecule has 0 spiro atoms. The number of unbranched alkanes of at least 4 members (excludes halogenated alkanes) is 10. The van der Waals surface area contributed by atoms with Gasteiger partial charge in [-0.3, -0.25) is 4.79 Å². The molecule has 0 amide bonds. The second-order valence-corrected chi connectivity index (χ2v) is 8.50. The zero-order valence-electron chi connectivity index (χ0n) is 18.0. The van der Waals surface area contributed by atoms with Gasteiger partial charge in [-0.1, -0.05) is 70.8 Å². The van der Waals surface area contributed by atoms with Gasteiger partial charge in [-0.05, 0) is 12.8 Å². The van der Waals surface area contributed by atoms with Crippen LogP contribution in [-0.4, -0.2) is 55.3 Å². The van der Waals surface area contributed by atoms with E-state index in [4.69, 9.17) is 9.84 Å². The van der Waals surface area contributed by atoms with Gasteiger partial charge in [0, 0.05) is 6.08 Å². The maximum Gasteiger partial charge on any atom is 0.330 e. The average molecular weight is 385 g/mol. The lowest BCUT2D eigenvalue weighted by Gasteiger charge is -2.28. The van der Waals surface area contributed by atoms with Crippen molar-refractivity contribution in [2.75, 3.05) is 27.7 Å². The van der Waals surface area contributed by atoms with E-state index in [9.17, 15) is 9.59 Å². The van der Waals surface area contributed by atoms with Crippen LogP contribution in [0.5, 0.6) is 0 Å². The number of esters is 1. The number of aliphatic carboxylic acids is 1. The Labute approximate surface area is 166 Å². The number of nitrogens with zero attached hydrogens (tertiary/aromatic N) is 1. The van der Waals surface area contributed by atoms with Crippen molar-refractivity contribution in [3.8, 4) is 0 Å². The SMILES string of the molecule is CCCCCCCCCCCCC=CC(=O)OC(CC(=O)O)C[N+](C)(C)C. The highest BCUT2D eigenvalue weighted by Gasteiger charge is 2.23. The van der Waals surface area contributed by atoms with Crippen molar-refractivity contribution in [1.29, 1.82) is 0 Å². The minimum Gasteiger partial charge on any atom is -0.481 e. The summed E-state index contributed by atoms with van der Waals surface area (Å²) < 4.78 is 5.86. The number of quaternary nitrogens is 1.